The van der Waals surface area contributed by atoms with Gasteiger partial charge in [-0.1, -0.05) is 28.5 Å². The Morgan fingerprint density at radius 1 is 1.58 bits per heavy atom. The lowest BCUT2D eigenvalue weighted by atomic mass is 10.2. The van der Waals surface area contributed by atoms with E-state index in [1.54, 1.807) is 17.7 Å². The van der Waals surface area contributed by atoms with Gasteiger partial charge in [0.05, 0.1) is 5.92 Å². The van der Waals surface area contributed by atoms with E-state index in [4.69, 9.17) is 5.11 Å². The molecule has 0 amide bonds. The van der Waals surface area contributed by atoms with Gasteiger partial charge in [-0.3, -0.25) is 4.79 Å². The maximum Gasteiger partial charge on any atom is 0.307 e. The summed E-state index contributed by atoms with van der Waals surface area (Å²) in [6.45, 7) is 1.68. The van der Waals surface area contributed by atoms with Gasteiger partial charge in [0, 0.05) is 17.9 Å². The molecule has 0 saturated heterocycles. The molecule has 0 aliphatic rings. The van der Waals surface area contributed by atoms with Crippen molar-refractivity contribution >= 4 is 33.8 Å². The third kappa shape index (κ3) is 6.54. The van der Waals surface area contributed by atoms with Crippen molar-refractivity contribution in [2.24, 2.45) is 5.92 Å². The second-order valence-electron chi connectivity index (χ2n) is 2.30. The fourth-order valence-electron chi connectivity index (χ4n) is 0.377. The van der Waals surface area contributed by atoms with Crippen LogP contribution in [-0.2, 0) is 9.59 Å². The monoisotopic (exact) mass is 208 g/mol. The highest BCUT2D eigenvalue weighted by Gasteiger charge is 2.09. The van der Waals surface area contributed by atoms with Crippen LogP contribution in [0, 0.1) is 5.92 Å². The molecule has 0 aliphatic carbocycles. The Kier molecular flexibility index (Phi) is 7.39. The van der Waals surface area contributed by atoms with Gasteiger partial charge in [0.2, 0.25) is 0 Å². The first-order chi connectivity index (χ1) is 5.68. The second kappa shape index (κ2) is 7.49. The minimum atomic E-state index is -0.765. The SMILES string of the molecule is CC(CSSCCC=O)C(=O)O. The second-order valence-corrected chi connectivity index (χ2v) is 4.93. The highest BCUT2D eigenvalue weighted by atomic mass is 33.1. The highest BCUT2D eigenvalue weighted by molar-refractivity contribution is 8.76. The molecule has 5 heteroatoms. The van der Waals surface area contributed by atoms with Gasteiger partial charge in [-0.25, -0.2) is 0 Å². The van der Waals surface area contributed by atoms with Gasteiger partial charge in [-0.15, -0.1) is 0 Å². The van der Waals surface area contributed by atoms with Gasteiger partial charge in [-0.2, -0.15) is 0 Å². The van der Waals surface area contributed by atoms with Crippen molar-refractivity contribution in [1.82, 2.24) is 0 Å². The quantitative estimate of drug-likeness (QED) is 0.392. The van der Waals surface area contributed by atoms with Crippen LogP contribution in [0.1, 0.15) is 13.3 Å². The zero-order chi connectivity index (χ0) is 9.40. The van der Waals surface area contributed by atoms with E-state index in [-0.39, 0.29) is 5.92 Å². The number of hydrogen-bond donors (Lipinski definition) is 1. The van der Waals surface area contributed by atoms with E-state index in [1.165, 1.54) is 10.8 Å². The normalized spacial score (nSPS) is 12.4. The fraction of sp³-hybridized carbons (Fsp3) is 0.714. The van der Waals surface area contributed by atoms with Gasteiger partial charge in [0.1, 0.15) is 6.29 Å². The van der Waals surface area contributed by atoms with Gasteiger partial charge in [-0.05, 0) is 0 Å². The molecule has 0 aromatic heterocycles. The van der Waals surface area contributed by atoms with E-state index >= 15 is 0 Å². The molecule has 0 fully saturated rings. The van der Waals surface area contributed by atoms with E-state index in [2.05, 4.69) is 0 Å². The largest absolute Gasteiger partial charge is 0.481 e. The first-order valence-electron chi connectivity index (χ1n) is 3.59. The first-order valence-corrected chi connectivity index (χ1v) is 6.08. The number of aldehydes is 1. The van der Waals surface area contributed by atoms with Gasteiger partial charge >= 0.3 is 5.97 Å². The molecular formula is C7H12O3S2. The van der Waals surface area contributed by atoms with Gasteiger partial charge < -0.3 is 9.90 Å². The molecule has 70 valence electrons. The van der Waals surface area contributed by atoms with Crippen molar-refractivity contribution in [2.75, 3.05) is 11.5 Å². The third-order valence-electron chi connectivity index (χ3n) is 1.14. The predicted molar refractivity (Wildman–Crippen MR) is 52.4 cm³/mol. The average Bonchev–Trinajstić information content (AvgIpc) is 2.03. The van der Waals surface area contributed by atoms with Crippen molar-refractivity contribution in [3.63, 3.8) is 0 Å². The lowest BCUT2D eigenvalue weighted by molar-refractivity contribution is -0.140. The minimum absolute atomic E-state index is 0.307. The van der Waals surface area contributed by atoms with Crippen LogP contribution in [0.4, 0.5) is 0 Å². The molecule has 1 atom stereocenters. The maximum atomic E-state index is 10.3. The van der Waals surface area contributed by atoms with E-state index in [0.717, 1.165) is 12.0 Å². The zero-order valence-electron chi connectivity index (χ0n) is 6.86. The Balaban J connectivity index is 3.19. The average molecular weight is 208 g/mol. The Morgan fingerprint density at radius 2 is 2.25 bits per heavy atom. The molecule has 0 bridgehead atoms. The maximum absolute atomic E-state index is 10.3. The van der Waals surface area contributed by atoms with Crippen molar-refractivity contribution in [3.05, 3.63) is 0 Å². The zero-order valence-corrected chi connectivity index (χ0v) is 8.49. The molecule has 0 spiro atoms. The van der Waals surface area contributed by atoms with Crippen LogP contribution in [0.2, 0.25) is 0 Å². The smallest absolute Gasteiger partial charge is 0.307 e. The molecule has 0 aromatic rings. The summed E-state index contributed by atoms with van der Waals surface area (Å²) in [7, 11) is 3.05. The first kappa shape index (κ1) is 11.8. The molecule has 0 aliphatic heterocycles. The Bertz CT molecular complexity index is 150. The lowest BCUT2D eigenvalue weighted by Gasteiger charge is -2.03. The third-order valence-corrected chi connectivity index (χ3v) is 3.76. The number of carbonyl (C=O) groups excluding carboxylic acids is 1. The summed E-state index contributed by atoms with van der Waals surface area (Å²) >= 11 is 0. The van der Waals surface area contributed by atoms with E-state index in [0.29, 0.717) is 12.2 Å². The molecule has 1 N–H and O–H groups in total. The Labute approximate surface area is 79.7 Å². The van der Waals surface area contributed by atoms with Crippen LogP contribution in [-0.4, -0.2) is 28.9 Å². The molecule has 0 rings (SSSR count). The molecule has 0 aromatic carbocycles. The summed E-state index contributed by atoms with van der Waals surface area (Å²) in [6, 6.07) is 0. The standard InChI is InChI=1S/C7H12O3S2/c1-6(7(9)10)5-12-11-4-2-3-8/h3,6H,2,4-5H2,1H3,(H,9,10). The van der Waals surface area contributed by atoms with Gasteiger partial charge in [0.25, 0.3) is 0 Å². The van der Waals surface area contributed by atoms with Gasteiger partial charge in [0.15, 0.2) is 0 Å². The van der Waals surface area contributed by atoms with Crippen LogP contribution in [0.3, 0.4) is 0 Å². The summed E-state index contributed by atoms with van der Waals surface area (Å²) in [5, 5.41) is 8.51. The summed E-state index contributed by atoms with van der Waals surface area (Å²) in [5.41, 5.74) is 0. The number of carboxylic acid groups (broad SMARTS) is 1. The molecule has 0 saturated carbocycles. The topological polar surface area (TPSA) is 54.4 Å². The van der Waals surface area contributed by atoms with Crippen LogP contribution in [0.15, 0.2) is 0 Å². The van der Waals surface area contributed by atoms with Crippen LogP contribution in [0.5, 0.6) is 0 Å². The number of hydrogen-bond acceptors (Lipinski definition) is 4. The summed E-state index contributed by atoms with van der Waals surface area (Å²) < 4.78 is 0. The molecule has 12 heavy (non-hydrogen) atoms. The van der Waals surface area contributed by atoms with Crippen LogP contribution in [0.25, 0.3) is 0 Å². The number of aliphatic carboxylic acids is 1. The Hall–Kier alpha value is -0.160. The van der Waals surface area contributed by atoms with Crippen molar-refractivity contribution in [2.45, 2.75) is 13.3 Å². The highest BCUT2D eigenvalue weighted by Crippen LogP contribution is 2.24. The fourth-order valence-corrected chi connectivity index (χ4v) is 2.67. The number of rotatable bonds is 7. The van der Waals surface area contributed by atoms with Crippen molar-refractivity contribution < 1.29 is 14.7 Å². The van der Waals surface area contributed by atoms with Crippen LogP contribution >= 0.6 is 21.6 Å². The molecule has 0 heterocycles. The Morgan fingerprint density at radius 3 is 2.75 bits per heavy atom. The molecule has 3 nitrogen and oxygen atoms in total. The van der Waals surface area contributed by atoms with Crippen molar-refractivity contribution in [3.8, 4) is 0 Å². The number of carbonyl (C=O) groups is 2. The summed E-state index contributed by atoms with van der Waals surface area (Å²) in [5.74, 6) is 0.288. The van der Waals surface area contributed by atoms with Crippen LogP contribution < -0.4 is 0 Å². The minimum Gasteiger partial charge on any atom is -0.481 e. The lowest BCUT2D eigenvalue weighted by Crippen LogP contribution is -2.11. The van der Waals surface area contributed by atoms with E-state index in [1.807, 2.05) is 0 Å². The number of carboxylic acids is 1. The van der Waals surface area contributed by atoms with E-state index in [9.17, 15) is 9.59 Å². The molecule has 1 unspecified atom stereocenters. The summed E-state index contributed by atoms with van der Waals surface area (Å²) in [4.78, 5) is 20.2. The molecule has 0 radical (unpaired) electrons. The van der Waals surface area contributed by atoms with E-state index < -0.39 is 5.97 Å². The van der Waals surface area contributed by atoms with Crippen molar-refractivity contribution in [1.29, 1.82) is 0 Å². The predicted octanol–water partition coefficient (Wildman–Crippen LogP) is 1.68. The molecular weight excluding hydrogens is 196 g/mol. The summed E-state index contributed by atoms with van der Waals surface area (Å²) in [6.07, 6.45) is 1.41.